The Morgan fingerprint density at radius 3 is 1.66 bits per heavy atom. The molecule has 9 aromatic carbocycles. The summed E-state index contributed by atoms with van der Waals surface area (Å²) in [6, 6.07) is 74.8. The Morgan fingerprint density at radius 2 is 1.00 bits per heavy atom. The average Bonchev–Trinajstić information content (AvgIpc) is 4.01. The summed E-state index contributed by atoms with van der Waals surface area (Å²) in [6.45, 7) is 26.5. The lowest BCUT2D eigenvalue weighted by molar-refractivity contribution is 0.403. The Balaban J connectivity index is 1.15. The number of benzene rings is 9. The Kier molecular flexibility index (Phi) is 10.1. The van der Waals surface area contributed by atoms with Crippen LogP contribution in [0, 0.1) is 6.92 Å². The summed E-state index contributed by atoms with van der Waals surface area (Å²) in [7, 11) is 0. The predicted octanol–water partition coefficient (Wildman–Crippen LogP) is 17.6. The van der Waals surface area contributed by atoms with Gasteiger partial charge in [-0.05, 0) is 194 Å². The van der Waals surface area contributed by atoms with E-state index in [0.29, 0.717) is 0 Å². The van der Waals surface area contributed by atoms with Gasteiger partial charge in [-0.15, -0.1) is 0 Å². The van der Waals surface area contributed by atoms with E-state index in [1.54, 1.807) is 0 Å². The van der Waals surface area contributed by atoms with Crippen LogP contribution in [-0.2, 0) is 27.1 Å². The number of fused-ring (bicyclic) bond motifs is 12. The van der Waals surface area contributed by atoms with Crippen molar-refractivity contribution in [2.45, 2.75) is 116 Å². The summed E-state index contributed by atoms with van der Waals surface area (Å²) in [5.41, 5.74) is 27.5. The number of aryl methyl sites for hydroxylation is 1. The fourth-order valence-electron chi connectivity index (χ4n) is 15.3. The first-order valence-electron chi connectivity index (χ1n) is 28.0. The molecule has 2 aliphatic carbocycles. The second-order valence-corrected chi connectivity index (χ2v) is 26.2. The number of hydrogen-bond donors (Lipinski definition) is 0. The summed E-state index contributed by atoms with van der Waals surface area (Å²) in [5.74, 6) is 0. The van der Waals surface area contributed by atoms with Crippen LogP contribution in [0.2, 0.25) is 0 Å². The maximum atomic E-state index is 2.68. The second kappa shape index (κ2) is 16.4. The normalized spacial score (nSPS) is 18.5. The first-order chi connectivity index (χ1) is 36.8. The molecule has 14 rings (SSSR count). The summed E-state index contributed by atoms with van der Waals surface area (Å²) < 4.78 is 0. The van der Waals surface area contributed by atoms with Gasteiger partial charge in [0, 0.05) is 68.0 Å². The molecule has 4 nitrogen and oxygen atoms in total. The molecule has 1 atom stereocenters. The van der Waals surface area contributed by atoms with Gasteiger partial charge in [-0.3, -0.25) is 0 Å². The predicted molar refractivity (Wildman–Crippen MR) is 328 cm³/mol. The Labute approximate surface area is 457 Å². The molecule has 1 unspecified atom stereocenters. The second-order valence-electron chi connectivity index (χ2n) is 26.2. The summed E-state index contributed by atoms with van der Waals surface area (Å²) in [6.07, 6.45) is 2.10. The zero-order chi connectivity index (χ0) is 53.1. The monoisotopic (exact) mass is 1000 g/mol. The molecule has 0 fully saturated rings. The summed E-state index contributed by atoms with van der Waals surface area (Å²) >= 11 is 0. The lowest BCUT2D eigenvalue weighted by Crippen LogP contribution is -2.61. The molecule has 380 valence electrons. The smallest absolute Gasteiger partial charge is 0.252 e. The molecular weight excluding hydrogens is 932 g/mol. The molecule has 0 spiro atoms. The van der Waals surface area contributed by atoms with Crippen molar-refractivity contribution in [3.05, 3.63) is 233 Å². The standard InChI is InChI=1S/C72H69BN4/c1-46-36-47(68(2,3)4)30-35-62(46)77-64-43-58-57(69(5,6)44-70(58,7)8)42-61(64)73-60-34-32-54(74(49-23-15-12-16-24-49)50-25-17-13-18-26-50)39-63(60)76-53-31-33-56-59(38-53)72(11,45-71(56,9)10)48-22-21-29-52(37-48)75(51-27-19-14-20-28-51)55-40-65(76)67(73)66(77)41-55/h12-43H,44-45H2,1-11H3. The Morgan fingerprint density at radius 1 is 0.403 bits per heavy atom. The van der Waals surface area contributed by atoms with Crippen molar-refractivity contribution in [2.75, 3.05) is 19.6 Å². The van der Waals surface area contributed by atoms with Crippen LogP contribution in [0.15, 0.2) is 194 Å². The minimum absolute atomic E-state index is 0.000223. The highest BCUT2D eigenvalue weighted by atomic mass is 15.2. The SMILES string of the molecule is Cc1cc(C(C)(C)C)ccc1N1c2cc3c(cc2B2c4ccc(N(c5ccccc5)c5ccccc5)cc4N4c5ccc6c(c5)C(C)(CC6(C)C)c5cccc(c5)N(c5ccccc5)c5cc4c2c1c5)C(C)(C)CC3(C)C. The van der Waals surface area contributed by atoms with Gasteiger partial charge in [0.05, 0.1) is 5.69 Å². The van der Waals surface area contributed by atoms with E-state index in [1.807, 2.05) is 0 Å². The first kappa shape index (κ1) is 47.7. The van der Waals surface area contributed by atoms with E-state index in [1.165, 1.54) is 89.5 Å². The van der Waals surface area contributed by atoms with Crippen molar-refractivity contribution in [2.24, 2.45) is 0 Å². The summed E-state index contributed by atoms with van der Waals surface area (Å²) in [4.78, 5) is 10.3. The van der Waals surface area contributed by atoms with Gasteiger partial charge in [0.2, 0.25) is 0 Å². The summed E-state index contributed by atoms with van der Waals surface area (Å²) in [5, 5.41) is 0. The van der Waals surface area contributed by atoms with E-state index in [2.05, 4.69) is 290 Å². The van der Waals surface area contributed by atoms with Gasteiger partial charge in [-0.1, -0.05) is 166 Å². The average molecular weight is 1000 g/mol. The van der Waals surface area contributed by atoms with Gasteiger partial charge in [0.15, 0.2) is 0 Å². The molecule has 3 aliphatic heterocycles. The van der Waals surface area contributed by atoms with Crippen molar-refractivity contribution >= 4 is 91.3 Å². The lowest BCUT2D eigenvalue weighted by atomic mass is 9.33. The number of rotatable bonds is 5. The van der Waals surface area contributed by atoms with E-state index >= 15 is 0 Å². The molecular formula is C72H69BN4. The van der Waals surface area contributed by atoms with Crippen molar-refractivity contribution in [1.82, 2.24) is 0 Å². The molecule has 3 heterocycles. The molecule has 0 N–H and O–H groups in total. The zero-order valence-electron chi connectivity index (χ0n) is 46.8. The molecule has 9 aromatic rings. The molecule has 6 bridgehead atoms. The van der Waals surface area contributed by atoms with Gasteiger partial charge in [0.1, 0.15) is 0 Å². The quantitative estimate of drug-likeness (QED) is 0.159. The van der Waals surface area contributed by atoms with Crippen LogP contribution in [0.3, 0.4) is 0 Å². The van der Waals surface area contributed by atoms with Gasteiger partial charge in [-0.25, -0.2) is 0 Å². The highest BCUT2D eigenvalue weighted by Gasteiger charge is 2.50. The van der Waals surface area contributed by atoms with Crippen molar-refractivity contribution in [1.29, 1.82) is 0 Å². The molecule has 0 radical (unpaired) electrons. The third kappa shape index (κ3) is 7.11. The third-order valence-corrected chi connectivity index (χ3v) is 18.5. The maximum absolute atomic E-state index is 2.68. The van der Waals surface area contributed by atoms with Crippen LogP contribution in [0.1, 0.15) is 121 Å². The maximum Gasteiger partial charge on any atom is 0.252 e. The number of para-hydroxylation sites is 3. The Hall–Kier alpha value is -7.76. The minimum Gasteiger partial charge on any atom is -0.311 e. The van der Waals surface area contributed by atoms with E-state index in [0.717, 1.165) is 47.0 Å². The molecule has 5 heteroatoms. The van der Waals surface area contributed by atoms with Gasteiger partial charge < -0.3 is 19.6 Å². The molecule has 0 amide bonds. The van der Waals surface area contributed by atoms with Crippen LogP contribution in [0.4, 0.5) is 68.2 Å². The minimum atomic E-state index is -0.243. The van der Waals surface area contributed by atoms with Crippen LogP contribution in [0.5, 0.6) is 0 Å². The lowest BCUT2D eigenvalue weighted by Gasteiger charge is -2.46. The number of anilines is 12. The van der Waals surface area contributed by atoms with E-state index < -0.39 is 0 Å². The van der Waals surface area contributed by atoms with E-state index in [-0.39, 0.29) is 33.8 Å². The fraction of sp³-hybridized carbons (Fsp3) is 0.250. The highest BCUT2D eigenvalue weighted by Crippen LogP contribution is 2.58. The molecule has 0 saturated heterocycles. The molecule has 77 heavy (non-hydrogen) atoms. The fourth-order valence-corrected chi connectivity index (χ4v) is 15.3. The van der Waals surface area contributed by atoms with Gasteiger partial charge >= 0.3 is 0 Å². The molecule has 0 aromatic heterocycles. The topological polar surface area (TPSA) is 13.0 Å². The largest absolute Gasteiger partial charge is 0.311 e. The van der Waals surface area contributed by atoms with E-state index in [4.69, 9.17) is 0 Å². The number of nitrogens with zero attached hydrogens (tertiary/aromatic N) is 4. The third-order valence-electron chi connectivity index (χ3n) is 18.5. The van der Waals surface area contributed by atoms with Crippen LogP contribution in [-0.4, -0.2) is 6.71 Å². The number of hydrogen-bond acceptors (Lipinski definition) is 4. The highest BCUT2D eigenvalue weighted by molar-refractivity contribution is 7.00. The van der Waals surface area contributed by atoms with Crippen molar-refractivity contribution in [3.8, 4) is 0 Å². The van der Waals surface area contributed by atoms with Crippen molar-refractivity contribution < 1.29 is 0 Å². The molecule has 0 saturated carbocycles. The van der Waals surface area contributed by atoms with Gasteiger partial charge in [-0.2, -0.15) is 0 Å². The van der Waals surface area contributed by atoms with Crippen molar-refractivity contribution in [3.63, 3.8) is 0 Å². The van der Waals surface area contributed by atoms with Crippen LogP contribution < -0.4 is 36.0 Å². The van der Waals surface area contributed by atoms with E-state index in [9.17, 15) is 0 Å². The van der Waals surface area contributed by atoms with Crippen LogP contribution >= 0.6 is 0 Å². The zero-order valence-corrected chi connectivity index (χ0v) is 46.8. The van der Waals surface area contributed by atoms with Gasteiger partial charge in [0.25, 0.3) is 6.71 Å². The Bertz CT molecular complexity index is 3850. The first-order valence-corrected chi connectivity index (χ1v) is 28.0. The van der Waals surface area contributed by atoms with Crippen LogP contribution in [0.25, 0.3) is 0 Å². The molecule has 5 aliphatic rings.